The molecular formula is C14H6F12S2. The summed E-state index contributed by atoms with van der Waals surface area (Å²) in [5.41, 5.74) is 0. The molecule has 158 valence electrons. The molecule has 0 fully saturated rings. The highest BCUT2D eigenvalue weighted by atomic mass is 32.2. The first-order chi connectivity index (χ1) is 12.4. The highest BCUT2D eigenvalue weighted by Crippen LogP contribution is 2.44. The van der Waals surface area contributed by atoms with Gasteiger partial charge < -0.3 is 0 Å². The topological polar surface area (TPSA) is 0 Å². The van der Waals surface area contributed by atoms with Crippen molar-refractivity contribution >= 4 is 23.5 Å². The monoisotopic (exact) mass is 466 g/mol. The number of allylic oxidation sites excluding steroid dienone is 4. The van der Waals surface area contributed by atoms with Gasteiger partial charge in [0.2, 0.25) is 0 Å². The Balaban J connectivity index is 3.21. The molecular weight excluding hydrogens is 460 g/mol. The van der Waals surface area contributed by atoms with E-state index in [0.717, 1.165) is 18.2 Å². The molecule has 1 rings (SSSR count). The molecule has 0 bridgehead atoms. The Morgan fingerprint density at radius 2 is 0.929 bits per heavy atom. The summed E-state index contributed by atoms with van der Waals surface area (Å²) >= 11 is -0.871. The standard InChI is InChI=1S/C14H6F12S2/c15-11(16,17)5-9(13(21,22)23)27-7-2-1-3-8(4-7)28-10(14(24,25)26)6-12(18,19)20/h1-6H/b9-5-,10-6-. The molecule has 0 aromatic heterocycles. The average molecular weight is 466 g/mol. The lowest BCUT2D eigenvalue weighted by Crippen LogP contribution is -2.14. The van der Waals surface area contributed by atoms with Crippen LogP contribution in [0.25, 0.3) is 0 Å². The summed E-state index contributed by atoms with van der Waals surface area (Å²) in [6.07, 6.45) is -23.5. The first kappa shape index (κ1) is 24.6. The fourth-order valence-corrected chi connectivity index (χ4v) is 3.35. The fraction of sp³-hybridized carbons (Fsp3) is 0.286. The Labute approximate surface area is 157 Å². The Kier molecular flexibility index (Phi) is 7.48. The molecule has 28 heavy (non-hydrogen) atoms. The predicted octanol–water partition coefficient (Wildman–Crippen LogP) is 7.89. The molecule has 0 amide bonds. The summed E-state index contributed by atoms with van der Waals surface area (Å²) in [7, 11) is 0. The quantitative estimate of drug-likeness (QED) is 0.327. The molecule has 0 unspecified atom stereocenters. The van der Waals surface area contributed by atoms with E-state index in [0.29, 0.717) is 6.07 Å². The maximum Gasteiger partial charge on any atom is 0.422 e. The van der Waals surface area contributed by atoms with Crippen LogP contribution in [0.2, 0.25) is 0 Å². The molecule has 0 aliphatic carbocycles. The van der Waals surface area contributed by atoms with Crippen LogP contribution in [0.1, 0.15) is 0 Å². The second-order valence-corrected chi connectivity index (χ2v) is 7.01. The smallest absolute Gasteiger partial charge is 0.167 e. The second kappa shape index (κ2) is 8.51. The van der Waals surface area contributed by atoms with Crippen LogP contribution in [0.3, 0.4) is 0 Å². The van der Waals surface area contributed by atoms with Gasteiger partial charge in [-0.3, -0.25) is 0 Å². The predicted molar refractivity (Wildman–Crippen MR) is 78.5 cm³/mol. The van der Waals surface area contributed by atoms with E-state index < -0.39 is 80.0 Å². The summed E-state index contributed by atoms with van der Waals surface area (Å²) in [5, 5.41) is 0. The van der Waals surface area contributed by atoms with Crippen molar-refractivity contribution in [3.8, 4) is 0 Å². The molecule has 0 nitrogen and oxygen atoms in total. The molecule has 0 heterocycles. The van der Waals surface area contributed by atoms with Crippen molar-refractivity contribution < 1.29 is 52.7 Å². The Bertz CT molecular complexity index is 675. The number of halogens is 12. The minimum Gasteiger partial charge on any atom is -0.167 e. The lowest BCUT2D eigenvalue weighted by atomic mass is 10.4. The molecule has 0 N–H and O–H groups in total. The van der Waals surface area contributed by atoms with Crippen LogP contribution in [-0.2, 0) is 0 Å². The van der Waals surface area contributed by atoms with Crippen molar-refractivity contribution in [3.63, 3.8) is 0 Å². The van der Waals surface area contributed by atoms with Crippen LogP contribution in [-0.4, -0.2) is 24.7 Å². The van der Waals surface area contributed by atoms with Crippen molar-refractivity contribution in [1.82, 2.24) is 0 Å². The largest absolute Gasteiger partial charge is 0.422 e. The average Bonchev–Trinajstić information content (AvgIpc) is 2.41. The maximum atomic E-state index is 12.7. The van der Waals surface area contributed by atoms with E-state index in [9.17, 15) is 52.7 Å². The lowest BCUT2D eigenvalue weighted by molar-refractivity contribution is -0.101. The number of benzene rings is 1. The van der Waals surface area contributed by atoms with Crippen LogP contribution in [0, 0.1) is 0 Å². The SMILES string of the molecule is FC(F)(F)/C=C(\Sc1cccc(S/C(=C\C(F)(F)F)C(F)(F)F)c1)C(F)(F)F. The van der Waals surface area contributed by atoms with Gasteiger partial charge in [0.1, 0.15) is 0 Å². The van der Waals surface area contributed by atoms with Crippen LogP contribution < -0.4 is 0 Å². The molecule has 14 heteroatoms. The number of alkyl halides is 12. The third-order valence-corrected chi connectivity index (χ3v) is 4.53. The summed E-state index contributed by atoms with van der Waals surface area (Å²) in [5.74, 6) is 0. The van der Waals surface area contributed by atoms with Gasteiger partial charge >= 0.3 is 24.7 Å². The number of hydrogen-bond acceptors (Lipinski definition) is 2. The van der Waals surface area contributed by atoms with Crippen molar-refractivity contribution in [3.05, 3.63) is 46.2 Å². The molecule has 0 atom stereocenters. The zero-order valence-corrected chi connectivity index (χ0v) is 14.4. The number of thioether (sulfide) groups is 2. The van der Waals surface area contributed by atoms with Gasteiger partial charge in [0.15, 0.2) is 0 Å². The normalized spacial score (nSPS) is 15.1. The van der Waals surface area contributed by atoms with E-state index in [2.05, 4.69) is 0 Å². The Morgan fingerprint density at radius 3 is 1.18 bits per heavy atom. The minimum atomic E-state index is -5.41. The zero-order chi connectivity index (χ0) is 22.0. The lowest BCUT2D eigenvalue weighted by Gasteiger charge is -2.14. The van der Waals surface area contributed by atoms with Gasteiger partial charge in [0, 0.05) is 21.9 Å². The van der Waals surface area contributed by atoms with Crippen LogP contribution in [0.5, 0.6) is 0 Å². The first-order valence-corrected chi connectivity index (χ1v) is 8.19. The van der Waals surface area contributed by atoms with Gasteiger partial charge in [-0.05, 0) is 18.2 Å². The molecule has 0 radical (unpaired) electrons. The van der Waals surface area contributed by atoms with Crippen molar-refractivity contribution in [1.29, 1.82) is 0 Å². The van der Waals surface area contributed by atoms with Gasteiger partial charge in [0.05, 0.1) is 9.81 Å². The van der Waals surface area contributed by atoms with Gasteiger partial charge in [-0.1, -0.05) is 29.6 Å². The highest BCUT2D eigenvalue weighted by Gasteiger charge is 2.40. The van der Waals surface area contributed by atoms with E-state index in [1.165, 1.54) is 0 Å². The van der Waals surface area contributed by atoms with Gasteiger partial charge in [-0.25, -0.2) is 0 Å². The van der Waals surface area contributed by atoms with Crippen LogP contribution in [0.4, 0.5) is 52.7 Å². The summed E-state index contributed by atoms with van der Waals surface area (Å²) in [6.45, 7) is 0. The molecule has 0 aliphatic heterocycles. The van der Waals surface area contributed by atoms with Crippen molar-refractivity contribution in [2.45, 2.75) is 34.5 Å². The first-order valence-electron chi connectivity index (χ1n) is 6.56. The molecule has 1 aromatic carbocycles. The van der Waals surface area contributed by atoms with Gasteiger partial charge in [-0.15, -0.1) is 0 Å². The van der Waals surface area contributed by atoms with Crippen LogP contribution in [0.15, 0.2) is 56.0 Å². The molecule has 1 aromatic rings. The van der Waals surface area contributed by atoms with Crippen molar-refractivity contribution in [2.75, 3.05) is 0 Å². The summed E-state index contributed by atoms with van der Waals surface area (Å²) in [4.78, 5) is -5.29. The number of rotatable bonds is 4. The minimum absolute atomic E-state index is 0.436. The van der Waals surface area contributed by atoms with Gasteiger partial charge in [-0.2, -0.15) is 52.7 Å². The van der Waals surface area contributed by atoms with Crippen LogP contribution >= 0.6 is 23.5 Å². The van der Waals surface area contributed by atoms with E-state index in [1.54, 1.807) is 0 Å². The Morgan fingerprint density at radius 1 is 0.607 bits per heavy atom. The number of hydrogen-bond donors (Lipinski definition) is 0. The molecule has 0 spiro atoms. The Hall–Kier alpha value is -1.44. The second-order valence-electron chi connectivity index (χ2n) is 4.77. The third-order valence-electron chi connectivity index (χ3n) is 2.41. The maximum absolute atomic E-state index is 12.7. The molecule has 0 aliphatic rings. The third kappa shape index (κ3) is 9.17. The molecule has 0 saturated heterocycles. The fourth-order valence-electron chi connectivity index (χ4n) is 1.49. The summed E-state index contributed by atoms with van der Waals surface area (Å²) in [6, 6.07) is 3.24. The zero-order valence-electron chi connectivity index (χ0n) is 12.8. The van der Waals surface area contributed by atoms with Crippen molar-refractivity contribution in [2.24, 2.45) is 0 Å². The summed E-state index contributed by atoms with van der Waals surface area (Å²) < 4.78 is 150. The molecule has 0 saturated carbocycles. The van der Waals surface area contributed by atoms with Gasteiger partial charge in [0.25, 0.3) is 0 Å². The van der Waals surface area contributed by atoms with E-state index >= 15 is 0 Å². The van der Waals surface area contributed by atoms with E-state index in [-0.39, 0.29) is 0 Å². The van der Waals surface area contributed by atoms with E-state index in [1.807, 2.05) is 0 Å². The van der Waals surface area contributed by atoms with E-state index in [4.69, 9.17) is 0 Å². The highest BCUT2D eigenvalue weighted by molar-refractivity contribution is 8.04.